The summed E-state index contributed by atoms with van der Waals surface area (Å²) in [5.74, 6) is 0. The molecule has 60 valence electrons. The minimum Gasteiger partial charge on any atom is -0.0713 e. The predicted octanol–water partition coefficient (Wildman–Crippen LogP) is 3.28. The fourth-order valence-corrected chi connectivity index (χ4v) is 2.87. The van der Waals surface area contributed by atoms with Gasteiger partial charge in [0.25, 0.3) is 0 Å². The second kappa shape index (κ2) is 6.16. The summed E-state index contributed by atoms with van der Waals surface area (Å²) in [4.78, 5) is 0. The molecular formula is C8H20Si2. The molecule has 2 heteroatoms. The van der Waals surface area contributed by atoms with Gasteiger partial charge in [-0.05, 0) is 0 Å². The fourth-order valence-electron chi connectivity index (χ4n) is 0.957. The van der Waals surface area contributed by atoms with Crippen molar-refractivity contribution in [3.05, 3.63) is 0 Å². The molecule has 0 atom stereocenters. The molecule has 0 N–H and O–H groups in total. The molecule has 0 aliphatic rings. The number of unbranched alkanes of at least 4 members (excludes halogenated alkanes) is 1. The molecule has 0 saturated carbocycles. The highest BCUT2D eigenvalue weighted by Gasteiger charge is 1.98. The largest absolute Gasteiger partial charge is 0.0713 e. The molecule has 0 aromatic heterocycles. The zero-order chi connectivity index (χ0) is 7.98. The van der Waals surface area contributed by atoms with Crippen molar-refractivity contribution in [3.63, 3.8) is 0 Å². The van der Waals surface area contributed by atoms with E-state index in [0.717, 1.165) is 0 Å². The lowest BCUT2D eigenvalue weighted by Gasteiger charge is -2.03. The van der Waals surface area contributed by atoms with Crippen LogP contribution in [0.2, 0.25) is 38.3 Å². The van der Waals surface area contributed by atoms with E-state index >= 15 is 0 Å². The van der Waals surface area contributed by atoms with E-state index in [1.807, 2.05) is 0 Å². The Morgan fingerprint density at radius 3 is 1.20 bits per heavy atom. The molecule has 0 aromatic rings. The van der Waals surface area contributed by atoms with Gasteiger partial charge in [0, 0.05) is 17.6 Å². The summed E-state index contributed by atoms with van der Waals surface area (Å²) in [6.45, 7) is 9.64. The van der Waals surface area contributed by atoms with E-state index in [1.54, 1.807) is 0 Å². The van der Waals surface area contributed by atoms with Crippen molar-refractivity contribution in [2.75, 3.05) is 0 Å². The van der Waals surface area contributed by atoms with Crippen molar-refractivity contribution in [1.82, 2.24) is 0 Å². The van der Waals surface area contributed by atoms with Crippen LogP contribution in [0.1, 0.15) is 12.8 Å². The van der Waals surface area contributed by atoms with Gasteiger partial charge in [0.2, 0.25) is 0 Å². The van der Waals surface area contributed by atoms with E-state index in [-0.39, 0.29) is 17.6 Å². The maximum atomic E-state index is 2.41. The smallest absolute Gasteiger partial charge is 0.0412 e. The minimum absolute atomic E-state index is 0.0789. The van der Waals surface area contributed by atoms with Crippen molar-refractivity contribution in [3.8, 4) is 0 Å². The third-order valence-electron chi connectivity index (χ3n) is 1.60. The number of hydrogen-bond donors (Lipinski definition) is 0. The van der Waals surface area contributed by atoms with Gasteiger partial charge in [0.15, 0.2) is 0 Å². The molecule has 0 aliphatic heterocycles. The Bertz CT molecular complexity index is 59.7. The maximum absolute atomic E-state index is 2.41. The molecule has 0 heterocycles. The number of hydrogen-bond acceptors (Lipinski definition) is 0. The summed E-state index contributed by atoms with van der Waals surface area (Å²) < 4.78 is 0. The maximum Gasteiger partial charge on any atom is 0.0412 e. The Morgan fingerprint density at radius 1 is 0.700 bits per heavy atom. The lowest BCUT2D eigenvalue weighted by atomic mass is 10.4. The molecule has 2 radical (unpaired) electrons. The summed E-state index contributed by atoms with van der Waals surface area (Å²) in [6.07, 6.45) is 2.99. The monoisotopic (exact) mass is 172 g/mol. The Morgan fingerprint density at radius 2 is 1.00 bits per heavy atom. The molecule has 0 unspecified atom stereocenters. The summed E-state index contributed by atoms with van der Waals surface area (Å²) >= 11 is 0. The molecule has 0 rings (SSSR count). The third kappa shape index (κ3) is 8.43. The third-order valence-corrected chi connectivity index (χ3v) is 4.31. The van der Waals surface area contributed by atoms with Crippen LogP contribution in [0, 0.1) is 0 Å². The molecule has 0 aliphatic carbocycles. The predicted molar refractivity (Wildman–Crippen MR) is 53.8 cm³/mol. The summed E-state index contributed by atoms with van der Waals surface area (Å²) in [5.41, 5.74) is 0. The topological polar surface area (TPSA) is 0 Å². The molecule has 10 heavy (non-hydrogen) atoms. The highest BCUT2D eigenvalue weighted by Crippen LogP contribution is 2.06. The van der Waals surface area contributed by atoms with E-state index in [9.17, 15) is 0 Å². The average Bonchev–Trinajstić information content (AvgIpc) is 1.79. The fraction of sp³-hybridized carbons (Fsp3) is 1.00. The van der Waals surface area contributed by atoms with Crippen LogP contribution in [0.5, 0.6) is 0 Å². The first-order valence-electron chi connectivity index (χ1n) is 4.21. The first-order chi connectivity index (χ1) is 4.63. The van der Waals surface area contributed by atoms with E-state index in [2.05, 4.69) is 26.2 Å². The van der Waals surface area contributed by atoms with Crippen LogP contribution in [0.4, 0.5) is 0 Å². The molecule has 0 amide bonds. The van der Waals surface area contributed by atoms with E-state index in [1.165, 1.54) is 24.9 Å². The molecule has 0 nitrogen and oxygen atoms in total. The molecular weight excluding hydrogens is 152 g/mol. The van der Waals surface area contributed by atoms with Gasteiger partial charge in [-0.1, -0.05) is 51.1 Å². The zero-order valence-corrected chi connectivity index (χ0v) is 9.83. The number of rotatable bonds is 5. The van der Waals surface area contributed by atoms with Gasteiger partial charge >= 0.3 is 0 Å². The van der Waals surface area contributed by atoms with Crippen LogP contribution in [-0.2, 0) is 0 Å². The molecule has 0 fully saturated rings. The first-order valence-corrected chi connectivity index (χ1v) is 9.62. The summed E-state index contributed by atoms with van der Waals surface area (Å²) in [7, 11) is 0.158. The molecule has 0 bridgehead atoms. The van der Waals surface area contributed by atoms with Crippen molar-refractivity contribution >= 4 is 17.6 Å². The second-order valence-electron chi connectivity index (χ2n) is 3.62. The Kier molecular flexibility index (Phi) is 6.43. The van der Waals surface area contributed by atoms with Crippen LogP contribution < -0.4 is 0 Å². The zero-order valence-electron chi connectivity index (χ0n) is 7.83. The molecule has 0 aromatic carbocycles. The van der Waals surface area contributed by atoms with Crippen LogP contribution >= 0.6 is 0 Å². The lowest BCUT2D eigenvalue weighted by molar-refractivity contribution is 0.865. The molecule has 0 saturated heterocycles. The van der Waals surface area contributed by atoms with Gasteiger partial charge in [-0.25, -0.2) is 0 Å². The first kappa shape index (κ1) is 10.4. The van der Waals surface area contributed by atoms with Gasteiger partial charge in [0.05, 0.1) is 0 Å². The standard InChI is InChI=1S/C8H20Si2/c1-9(2)7-5-6-8-10(3)4/h5-8H2,1-4H3. The SMILES string of the molecule is C[Si](C)CCCC[Si](C)C. The van der Waals surface area contributed by atoms with Gasteiger partial charge in [0.1, 0.15) is 0 Å². The highest BCUT2D eigenvalue weighted by atomic mass is 28.3. The van der Waals surface area contributed by atoms with Crippen molar-refractivity contribution in [2.24, 2.45) is 0 Å². The Balaban J connectivity index is 2.91. The normalized spacial score (nSPS) is 11.4. The Hall–Kier alpha value is 0.434. The average molecular weight is 172 g/mol. The van der Waals surface area contributed by atoms with Gasteiger partial charge in [-0.2, -0.15) is 0 Å². The van der Waals surface area contributed by atoms with Gasteiger partial charge < -0.3 is 0 Å². The second-order valence-corrected chi connectivity index (χ2v) is 9.45. The quantitative estimate of drug-likeness (QED) is 0.441. The van der Waals surface area contributed by atoms with Crippen LogP contribution in [0.3, 0.4) is 0 Å². The van der Waals surface area contributed by atoms with E-state index in [4.69, 9.17) is 0 Å². The van der Waals surface area contributed by atoms with Crippen molar-refractivity contribution in [1.29, 1.82) is 0 Å². The van der Waals surface area contributed by atoms with Crippen LogP contribution in [0.15, 0.2) is 0 Å². The Labute approximate surface area is 69.2 Å². The van der Waals surface area contributed by atoms with Crippen LogP contribution in [-0.4, -0.2) is 17.6 Å². The molecule has 0 spiro atoms. The van der Waals surface area contributed by atoms with Gasteiger partial charge in [-0.3, -0.25) is 0 Å². The van der Waals surface area contributed by atoms with Crippen molar-refractivity contribution < 1.29 is 0 Å². The van der Waals surface area contributed by atoms with Crippen LogP contribution in [0.25, 0.3) is 0 Å². The summed E-state index contributed by atoms with van der Waals surface area (Å²) in [5, 5.41) is 0. The highest BCUT2D eigenvalue weighted by molar-refractivity contribution is 6.56. The van der Waals surface area contributed by atoms with Gasteiger partial charge in [-0.15, -0.1) is 0 Å². The van der Waals surface area contributed by atoms with Crippen molar-refractivity contribution in [2.45, 2.75) is 51.1 Å². The lowest BCUT2D eigenvalue weighted by Crippen LogP contribution is -2.01. The van der Waals surface area contributed by atoms with E-state index in [0.29, 0.717) is 0 Å². The minimum atomic E-state index is 0.0789. The summed E-state index contributed by atoms with van der Waals surface area (Å²) in [6, 6.07) is 3.06. The van der Waals surface area contributed by atoms with E-state index < -0.39 is 0 Å².